The molecule has 0 aliphatic carbocycles. The van der Waals surface area contributed by atoms with E-state index in [9.17, 15) is 28.7 Å². The Labute approximate surface area is 189 Å². The van der Waals surface area contributed by atoms with E-state index < -0.39 is 32.4 Å². The van der Waals surface area contributed by atoms with Crippen LogP contribution in [0.25, 0.3) is 0 Å². The van der Waals surface area contributed by atoms with E-state index >= 15 is 0 Å². The maximum absolute atomic E-state index is 13.2. The van der Waals surface area contributed by atoms with Crippen molar-refractivity contribution >= 4 is 38.8 Å². The van der Waals surface area contributed by atoms with Gasteiger partial charge in [-0.2, -0.15) is 4.36 Å². The molecule has 3 aromatic rings. The lowest BCUT2D eigenvalue weighted by Gasteiger charge is -2.17. The van der Waals surface area contributed by atoms with Crippen LogP contribution in [0.15, 0.2) is 76.0 Å². The summed E-state index contributed by atoms with van der Waals surface area (Å²) in [6.07, 6.45) is 1.29. The number of amides is 3. The van der Waals surface area contributed by atoms with E-state index in [-0.39, 0.29) is 33.6 Å². The van der Waals surface area contributed by atoms with Crippen LogP contribution in [-0.2, 0) is 9.73 Å². The number of imide groups is 1. The largest absolute Gasteiger partial charge is 0.287 e. The molecule has 3 aromatic carbocycles. The summed E-state index contributed by atoms with van der Waals surface area (Å²) in [5.74, 6) is -2.40. The topological polar surface area (TPSA) is 127 Å². The Morgan fingerprint density at radius 3 is 2.06 bits per heavy atom. The highest BCUT2D eigenvalue weighted by atomic mass is 32.2. The monoisotopic (exact) mass is 463 g/mol. The average Bonchev–Trinajstić information content (AvgIpc) is 3.04. The van der Waals surface area contributed by atoms with Crippen LogP contribution < -0.4 is 4.90 Å². The average molecular weight is 463 g/mol. The molecule has 166 valence electrons. The Morgan fingerprint density at radius 2 is 1.52 bits per heavy atom. The summed E-state index contributed by atoms with van der Waals surface area (Å²) in [5, 5.41) is 11.5. The molecule has 1 aliphatic heterocycles. The first kappa shape index (κ1) is 22.0. The van der Waals surface area contributed by atoms with E-state index in [2.05, 4.69) is 4.36 Å². The lowest BCUT2D eigenvalue weighted by molar-refractivity contribution is -0.385. The molecular formula is C23H17N3O6S. The number of nitro benzene ring substituents is 1. The van der Waals surface area contributed by atoms with Gasteiger partial charge in [-0.15, -0.1) is 0 Å². The molecule has 0 N–H and O–H groups in total. The summed E-state index contributed by atoms with van der Waals surface area (Å²) in [4.78, 5) is 51.0. The maximum Gasteiger partial charge on any atom is 0.287 e. The summed E-state index contributed by atoms with van der Waals surface area (Å²) in [6, 6.07) is 16.4. The van der Waals surface area contributed by atoms with E-state index in [4.69, 9.17) is 0 Å². The van der Waals surface area contributed by atoms with Crippen molar-refractivity contribution in [3.8, 4) is 0 Å². The second kappa shape index (κ2) is 8.06. The molecule has 9 nitrogen and oxygen atoms in total. The second-order valence-corrected chi connectivity index (χ2v) is 9.68. The van der Waals surface area contributed by atoms with Gasteiger partial charge in [-0.25, -0.2) is 9.11 Å². The molecule has 3 amide bonds. The van der Waals surface area contributed by atoms with Gasteiger partial charge in [0.1, 0.15) is 0 Å². The van der Waals surface area contributed by atoms with Crippen molar-refractivity contribution in [1.82, 2.24) is 0 Å². The van der Waals surface area contributed by atoms with E-state index in [1.54, 1.807) is 42.5 Å². The predicted octanol–water partition coefficient (Wildman–Crippen LogP) is 4.00. The standard InChI is InChI=1S/C23H17N3O6S/c1-14-12-18(21(27)24-33(2,32)15-8-4-3-5-9-15)20(13-19(14)26(30)31)25-22(28)16-10-6-7-11-17(16)23(25)29/h3-13H,1-2H3. The molecule has 0 saturated heterocycles. The summed E-state index contributed by atoms with van der Waals surface area (Å²) >= 11 is 0. The van der Waals surface area contributed by atoms with E-state index in [1.165, 1.54) is 31.4 Å². The van der Waals surface area contributed by atoms with Gasteiger partial charge in [0.2, 0.25) is 0 Å². The van der Waals surface area contributed by atoms with Crippen molar-refractivity contribution in [2.24, 2.45) is 4.36 Å². The van der Waals surface area contributed by atoms with Crippen LogP contribution in [0.3, 0.4) is 0 Å². The van der Waals surface area contributed by atoms with Crippen molar-refractivity contribution in [3.05, 3.63) is 99.1 Å². The first-order valence-electron chi connectivity index (χ1n) is 9.70. The second-order valence-electron chi connectivity index (χ2n) is 7.42. The summed E-state index contributed by atoms with van der Waals surface area (Å²) in [7, 11) is -3.16. The molecule has 0 radical (unpaired) electrons. The third kappa shape index (κ3) is 3.80. The zero-order chi connectivity index (χ0) is 23.9. The van der Waals surface area contributed by atoms with Crippen molar-refractivity contribution < 1.29 is 23.5 Å². The Kier molecular flexibility index (Phi) is 5.38. The van der Waals surface area contributed by atoms with Crippen molar-refractivity contribution in [1.29, 1.82) is 0 Å². The molecule has 0 saturated carbocycles. The number of carbonyl (C=O) groups is 3. The minimum absolute atomic E-state index is 0.115. The van der Waals surface area contributed by atoms with E-state index in [0.29, 0.717) is 4.90 Å². The van der Waals surface area contributed by atoms with Crippen LogP contribution in [0.2, 0.25) is 0 Å². The van der Waals surface area contributed by atoms with Gasteiger partial charge in [-0.3, -0.25) is 24.5 Å². The number of hydrogen-bond acceptors (Lipinski definition) is 6. The molecule has 10 heteroatoms. The fraction of sp³-hybridized carbons (Fsp3) is 0.0870. The molecule has 0 aromatic heterocycles. The molecule has 33 heavy (non-hydrogen) atoms. The fourth-order valence-electron chi connectivity index (χ4n) is 3.58. The Hall–Kier alpha value is -4.18. The normalized spacial score (nSPS) is 14.5. The summed E-state index contributed by atoms with van der Waals surface area (Å²) in [6.45, 7) is 1.42. The number of nitro groups is 1. The fourth-order valence-corrected chi connectivity index (χ4v) is 4.76. The molecule has 1 aliphatic rings. The van der Waals surface area contributed by atoms with E-state index in [0.717, 1.165) is 11.0 Å². The molecule has 0 bridgehead atoms. The van der Waals surface area contributed by atoms with E-state index in [1.807, 2.05) is 0 Å². The van der Waals surface area contributed by atoms with Gasteiger partial charge in [-0.1, -0.05) is 30.3 Å². The summed E-state index contributed by atoms with van der Waals surface area (Å²) in [5.41, 5.74) is -0.539. The number of hydrogen-bond donors (Lipinski definition) is 0. The zero-order valence-corrected chi connectivity index (χ0v) is 18.4. The van der Waals surface area contributed by atoms with Crippen LogP contribution >= 0.6 is 0 Å². The van der Waals surface area contributed by atoms with Gasteiger partial charge in [0.05, 0.1) is 37.0 Å². The zero-order valence-electron chi connectivity index (χ0n) is 17.6. The first-order valence-corrected chi connectivity index (χ1v) is 11.6. The quantitative estimate of drug-likeness (QED) is 0.327. The highest BCUT2D eigenvalue weighted by molar-refractivity contribution is 7.93. The Morgan fingerprint density at radius 1 is 0.970 bits per heavy atom. The van der Waals surface area contributed by atoms with Crippen molar-refractivity contribution in [2.45, 2.75) is 11.8 Å². The van der Waals surface area contributed by atoms with Crippen LogP contribution in [-0.4, -0.2) is 33.1 Å². The molecular weight excluding hydrogens is 446 g/mol. The lowest BCUT2D eigenvalue weighted by atomic mass is 10.1. The summed E-state index contributed by atoms with van der Waals surface area (Å²) < 4.78 is 17.0. The number of carbonyl (C=O) groups excluding carboxylic acids is 3. The highest BCUT2D eigenvalue weighted by Gasteiger charge is 2.39. The van der Waals surface area contributed by atoms with Crippen LogP contribution in [0.1, 0.15) is 36.6 Å². The molecule has 1 unspecified atom stereocenters. The Balaban J connectivity index is 1.91. The first-order chi connectivity index (χ1) is 15.6. The molecule has 1 heterocycles. The minimum Gasteiger partial charge on any atom is -0.268 e. The van der Waals surface area contributed by atoms with Gasteiger partial charge >= 0.3 is 0 Å². The lowest BCUT2D eigenvalue weighted by Crippen LogP contribution is -2.31. The number of aryl methyl sites for hydroxylation is 1. The number of fused-ring (bicyclic) bond motifs is 1. The SMILES string of the molecule is Cc1cc(C(=O)N=S(C)(=O)c2ccccc2)c(N2C(=O)c3ccccc3C2=O)cc1[N+](=O)[O-]. The van der Waals surface area contributed by atoms with Gasteiger partial charge in [0, 0.05) is 22.8 Å². The number of rotatable bonds is 4. The minimum atomic E-state index is -3.16. The number of nitrogens with zero attached hydrogens (tertiary/aromatic N) is 3. The van der Waals surface area contributed by atoms with Crippen LogP contribution in [0, 0.1) is 17.0 Å². The van der Waals surface area contributed by atoms with Crippen molar-refractivity contribution in [2.75, 3.05) is 11.2 Å². The molecule has 4 rings (SSSR count). The Bertz CT molecular complexity index is 1440. The van der Waals surface area contributed by atoms with Crippen LogP contribution in [0.5, 0.6) is 0 Å². The third-order valence-electron chi connectivity index (χ3n) is 5.21. The molecule has 0 spiro atoms. The van der Waals surface area contributed by atoms with Crippen LogP contribution in [0.4, 0.5) is 11.4 Å². The van der Waals surface area contributed by atoms with Gasteiger partial charge in [0.15, 0.2) is 0 Å². The molecule has 0 fully saturated rings. The third-order valence-corrected chi connectivity index (χ3v) is 6.88. The van der Waals surface area contributed by atoms with Gasteiger partial charge in [-0.05, 0) is 37.3 Å². The van der Waals surface area contributed by atoms with Crippen molar-refractivity contribution in [3.63, 3.8) is 0 Å². The smallest absolute Gasteiger partial charge is 0.268 e. The predicted molar refractivity (Wildman–Crippen MR) is 121 cm³/mol. The molecule has 1 atom stereocenters. The van der Waals surface area contributed by atoms with Gasteiger partial charge in [0.25, 0.3) is 23.4 Å². The number of anilines is 1. The highest BCUT2D eigenvalue weighted by Crippen LogP contribution is 2.35. The number of benzene rings is 3. The maximum atomic E-state index is 13.2. The van der Waals surface area contributed by atoms with Gasteiger partial charge < -0.3 is 0 Å².